The molecule has 3 rings (SSSR count). The van der Waals surface area contributed by atoms with Gasteiger partial charge in [-0.3, -0.25) is 0 Å². The van der Waals surface area contributed by atoms with Crippen molar-refractivity contribution >= 4 is 33.2 Å². The van der Waals surface area contributed by atoms with Crippen LogP contribution in [-0.4, -0.2) is 22.1 Å². The highest BCUT2D eigenvalue weighted by Crippen LogP contribution is 2.34. The quantitative estimate of drug-likeness (QED) is 0.403. The number of benzene rings is 3. The molecule has 0 bridgehead atoms. The van der Waals surface area contributed by atoms with Crippen molar-refractivity contribution in [1.29, 1.82) is 0 Å². The first-order chi connectivity index (χ1) is 15.3. The molecule has 0 unspecified atom stereocenters. The summed E-state index contributed by atoms with van der Waals surface area (Å²) >= 11 is 12.6. The summed E-state index contributed by atoms with van der Waals surface area (Å²) in [7, 11) is -2.10. The number of nitrogens with two attached hydrogens (primary N) is 1. The smallest absolute Gasteiger partial charge is 0.238 e. The summed E-state index contributed by atoms with van der Waals surface area (Å²) < 4.78 is 34.0. The van der Waals surface area contributed by atoms with Gasteiger partial charge in [0.2, 0.25) is 10.0 Å². The molecule has 3 N–H and O–H groups in total. The number of ether oxygens (including phenoxy) is 2. The van der Waals surface area contributed by atoms with E-state index in [4.69, 9.17) is 37.8 Å². The van der Waals surface area contributed by atoms with Gasteiger partial charge in [0, 0.05) is 28.2 Å². The van der Waals surface area contributed by atoms with Gasteiger partial charge in [-0.1, -0.05) is 53.5 Å². The standard InChI is InChI=1S/C23H24Cl2N2O4S/c1-30-22-12-18(14-27-11-10-16-6-8-19(9-7-16)32(26,28)29)21(25)13-23(22)31-15-17-4-2-3-5-20(17)24/h2-9,12-13,27H,10-11,14-15H2,1H3,(H2,26,28,29). The summed E-state index contributed by atoms with van der Waals surface area (Å²) in [6, 6.07) is 17.6. The Morgan fingerprint density at radius 3 is 2.31 bits per heavy atom. The summed E-state index contributed by atoms with van der Waals surface area (Å²) in [5.74, 6) is 1.12. The van der Waals surface area contributed by atoms with Gasteiger partial charge in [0.05, 0.1) is 12.0 Å². The number of hydrogen-bond acceptors (Lipinski definition) is 5. The van der Waals surface area contributed by atoms with Crippen LogP contribution in [0, 0.1) is 0 Å². The second-order valence-electron chi connectivity index (χ2n) is 7.09. The van der Waals surface area contributed by atoms with E-state index in [0.717, 1.165) is 23.1 Å². The molecule has 32 heavy (non-hydrogen) atoms. The lowest BCUT2D eigenvalue weighted by Gasteiger charge is -2.15. The second-order valence-corrected chi connectivity index (χ2v) is 9.47. The van der Waals surface area contributed by atoms with E-state index in [1.165, 1.54) is 12.1 Å². The molecule has 3 aromatic rings. The lowest BCUT2D eigenvalue weighted by atomic mass is 10.1. The predicted molar refractivity (Wildman–Crippen MR) is 127 cm³/mol. The summed E-state index contributed by atoms with van der Waals surface area (Å²) in [6.45, 7) is 1.52. The lowest BCUT2D eigenvalue weighted by molar-refractivity contribution is 0.284. The highest BCUT2D eigenvalue weighted by molar-refractivity contribution is 7.89. The van der Waals surface area contributed by atoms with Crippen LogP contribution in [0.2, 0.25) is 10.0 Å². The molecule has 0 atom stereocenters. The van der Waals surface area contributed by atoms with Crippen LogP contribution < -0.4 is 19.9 Å². The van der Waals surface area contributed by atoms with Crippen molar-refractivity contribution in [3.63, 3.8) is 0 Å². The molecule has 6 nitrogen and oxygen atoms in total. The van der Waals surface area contributed by atoms with Crippen LogP contribution in [-0.2, 0) is 29.6 Å². The number of nitrogens with one attached hydrogen (secondary N) is 1. The summed E-state index contributed by atoms with van der Waals surface area (Å²) in [4.78, 5) is 0.102. The molecule has 170 valence electrons. The van der Waals surface area contributed by atoms with Crippen LogP contribution in [0.5, 0.6) is 11.5 Å². The van der Waals surface area contributed by atoms with E-state index in [1.807, 2.05) is 30.3 Å². The fourth-order valence-electron chi connectivity index (χ4n) is 3.06. The molecule has 0 saturated carbocycles. The van der Waals surface area contributed by atoms with Gasteiger partial charge in [0.25, 0.3) is 0 Å². The minimum Gasteiger partial charge on any atom is -0.493 e. The highest BCUT2D eigenvalue weighted by Gasteiger charge is 2.12. The van der Waals surface area contributed by atoms with E-state index >= 15 is 0 Å². The van der Waals surface area contributed by atoms with E-state index in [9.17, 15) is 8.42 Å². The van der Waals surface area contributed by atoms with Crippen molar-refractivity contribution in [3.05, 3.63) is 87.4 Å². The first-order valence-corrected chi connectivity index (χ1v) is 12.1. The summed E-state index contributed by atoms with van der Waals surface area (Å²) in [5.41, 5.74) is 2.74. The van der Waals surface area contributed by atoms with Crippen LogP contribution in [0.15, 0.2) is 65.6 Å². The van der Waals surface area contributed by atoms with Crippen LogP contribution in [0.1, 0.15) is 16.7 Å². The third-order valence-corrected chi connectivity index (χ3v) is 6.48. The zero-order chi connectivity index (χ0) is 23.1. The molecular weight excluding hydrogens is 471 g/mol. The zero-order valence-corrected chi connectivity index (χ0v) is 19.8. The van der Waals surface area contributed by atoms with Crippen LogP contribution >= 0.6 is 23.2 Å². The number of sulfonamides is 1. The molecule has 0 saturated heterocycles. The minimum absolute atomic E-state index is 0.102. The number of halogens is 2. The number of primary sulfonamides is 1. The molecule has 3 aromatic carbocycles. The zero-order valence-electron chi connectivity index (χ0n) is 17.5. The maximum absolute atomic E-state index is 11.3. The van der Waals surface area contributed by atoms with E-state index in [0.29, 0.717) is 41.2 Å². The van der Waals surface area contributed by atoms with E-state index in [1.54, 1.807) is 25.3 Å². The average molecular weight is 495 g/mol. The van der Waals surface area contributed by atoms with Gasteiger partial charge < -0.3 is 14.8 Å². The Morgan fingerprint density at radius 2 is 1.66 bits per heavy atom. The van der Waals surface area contributed by atoms with Gasteiger partial charge in [-0.2, -0.15) is 0 Å². The minimum atomic E-state index is -3.68. The average Bonchev–Trinajstić information content (AvgIpc) is 2.77. The molecule has 0 heterocycles. The SMILES string of the molecule is COc1cc(CNCCc2ccc(S(N)(=O)=O)cc2)c(Cl)cc1OCc1ccccc1Cl. The van der Waals surface area contributed by atoms with Crippen molar-refractivity contribution in [2.75, 3.05) is 13.7 Å². The number of hydrogen-bond donors (Lipinski definition) is 2. The van der Waals surface area contributed by atoms with Crippen LogP contribution in [0.3, 0.4) is 0 Å². The van der Waals surface area contributed by atoms with Crippen molar-refractivity contribution in [1.82, 2.24) is 5.32 Å². The first kappa shape index (κ1) is 24.4. The summed E-state index contributed by atoms with van der Waals surface area (Å²) in [6.07, 6.45) is 0.721. The molecule has 0 aliphatic carbocycles. The number of methoxy groups -OCH3 is 1. The Bertz CT molecular complexity index is 1170. The number of rotatable bonds is 10. The maximum atomic E-state index is 11.3. The largest absolute Gasteiger partial charge is 0.493 e. The Hall–Kier alpha value is -2.29. The van der Waals surface area contributed by atoms with Crippen LogP contribution in [0.4, 0.5) is 0 Å². The van der Waals surface area contributed by atoms with E-state index in [-0.39, 0.29) is 4.90 Å². The van der Waals surface area contributed by atoms with Gasteiger partial charge in [-0.15, -0.1) is 0 Å². The third kappa shape index (κ3) is 6.60. The van der Waals surface area contributed by atoms with E-state index in [2.05, 4.69) is 5.32 Å². The second kappa shape index (κ2) is 11.0. The Morgan fingerprint density at radius 1 is 0.938 bits per heavy atom. The fraction of sp³-hybridized carbons (Fsp3) is 0.217. The normalized spacial score (nSPS) is 11.4. The van der Waals surface area contributed by atoms with Gasteiger partial charge in [0.15, 0.2) is 11.5 Å². The van der Waals surface area contributed by atoms with Crippen molar-refractivity contribution in [3.8, 4) is 11.5 Å². The lowest BCUT2D eigenvalue weighted by Crippen LogP contribution is -2.17. The monoisotopic (exact) mass is 494 g/mol. The highest BCUT2D eigenvalue weighted by atomic mass is 35.5. The first-order valence-electron chi connectivity index (χ1n) is 9.83. The molecule has 0 aromatic heterocycles. The molecule has 0 aliphatic rings. The van der Waals surface area contributed by atoms with Gasteiger partial charge in [-0.25, -0.2) is 13.6 Å². The molecule has 0 amide bonds. The van der Waals surface area contributed by atoms with E-state index < -0.39 is 10.0 Å². The van der Waals surface area contributed by atoms with Crippen molar-refractivity contribution in [2.45, 2.75) is 24.5 Å². The third-order valence-electron chi connectivity index (χ3n) is 4.83. The molecule has 0 aliphatic heterocycles. The Kier molecular flexibility index (Phi) is 8.39. The Labute approximate surface area is 198 Å². The predicted octanol–water partition coefficient (Wildman–Crippen LogP) is 4.56. The topological polar surface area (TPSA) is 90.6 Å². The Balaban J connectivity index is 1.57. The van der Waals surface area contributed by atoms with Crippen molar-refractivity contribution in [2.24, 2.45) is 5.14 Å². The van der Waals surface area contributed by atoms with Gasteiger partial charge >= 0.3 is 0 Å². The molecule has 9 heteroatoms. The molecule has 0 fully saturated rings. The molecule has 0 spiro atoms. The van der Waals surface area contributed by atoms with Crippen LogP contribution in [0.25, 0.3) is 0 Å². The summed E-state index contributed by atoms with van der Waals surface area (Å²) in [5, 5.41) is 9.65. The van der Waals surface area contributed by atoms with Gasteiger partial charge in [0.1, 0.15) is 6.61 Å². The molecule has 0 radical (unpaired) electrons. The van der Waals surface area contributed by atoms with Crippen molar-refractivity contribution < 1.29 is 17.9 Å². The maximum Gasteiger partial charge on any atom is 0.238 e. The fourth-order valence-corrected chi connectivity index (χ4v) is 3.98. The molecular formula is C23H24Cl2N2O4S. The van der Waals surface area contributed by atoms with Gasteiger partial charge in [-0.05, 0) is 48.4 Å².